The Labute approximate surface area is 82.4 Å². The van der Waals surface area contributed by atoms with Crippen molar-refractivity contribution in [2.45, 2.75) is 45.3 Å². The van der Waals surface area contributed by atoms with Crippen LogP contribution in [-0.4, -0.2) is 25.8 Å². The zero-order chi connectivity index (χ0) is 10.1. The normalized spacial score (nSPS) is 15.3. The molecule has 13 heavy (non-hydrogen) atoms. The molecule has 2 atom stereocenters. The van der Waals surface area contributed by atoms with Crippen LogP contribution in [0.1, 0.15) is 33.1 Å². The summed E-state index contributed by atoms with van der Waals surface area (Å²) in [4.78, 5) is 0. The van der Waals surface area contributed by atoms with Crippen LogP contribution >= 0.6 is 0 Å². The summed E-state index contributed by atoms with van der Waals surface area (Å²) in [7, 11) is 1.76. The molecule has 2 heteroatoms. The molecule has 0 aromatic rings. The van der Waals surface area contributed by atoms with Crippen molar-refractivity contribution in [3.05, 3.63) is 12.7 Å². The van der Waals surface area contributed by atoms with E-state index in [1.54, 1.807) is 7.11 Å². The standard InChI is InChI=1S/C11H23NO/c1-5-9-12-11(6-2)8-7-10(3)13-4/h6,10-12H,2,5,7-9H2,1,3-4H3. The lowest BCUT2D eigenvalue weighted by molar-refractivity contribution is 0.107. The lowest BCUT2D eigenvalue weighted by Crippen LogP contribution is -2.28. The third-order valence-corrected chi connectivity index (χ3v) is 2.23. The van der Waals surface area contributed by atoms with Gasteiger partial charge in [0.15, 0.2) is 0 Å². The molecule has 0 amide bonds. The summed E-state index contributed by atoms with van der Waals surface area (Å²) in [6.07, 6.45) is 5.70. The Morgan fingerprint density at radius 3 is 2.62 bits per heavy atom. The van der Waals surface area contributed by atoms with Crippen LogP contribution < -0.4 is 5.32 Å². The largest absolute Gasteiger partial charge is 0.382 e. The summed E-state index contributed by atoms with van der Waals surface area (Å²) in [5.74, 6) is 0. The third kappa shape index (κ3) is 6.79. The quantitative estimate of drug-likeness (QED) is 0.586. The lowest BCUT2D eigenvalue weighted by atomic mass is 10.1. The average Bonchev–Trinajstić information content (AvgIpc) is 2.17. The number of methoxy groups -OCH3 is 1. The monoisotopic (exact) mass is 185 g/mol. The maximum Gasteiger partial charge on any atom is 0.0543 e. The Morgan fingerprint density at radius 2 is 2.15 bits per heavy atom. The Bertz CT molecular complexity index is 125. The maximum atomic E-state index is 5.19. The molecule has 78 valence electrons. The van der Waals surface area contributed by atoms with E-state index in [0.29, 0.717) is 12.1 Å². The van der Waals surface area contributed by atoms with Crippen molar-refractivity contribution >= 4 is 0 Å². The smallest absolute Gasteiger partial charge is 0.0543 e. The van der Waals surface area contributed by atoms with E-state index in [2.05, 4.69) is 25.7 Å². The van der Waals surface area contributed by atoms with Crippen molar-refractivity contribution < 1.29 is 4.74 Å². The van der Waals surface area contributed by atoms with Gasteiger partial charge in [0.25, 0.3) is 0 Å². The molecule has 0 bridgehead atoms. The van der Waals surface area contributed by atoms with E-state index in [-0.39, 0.29) is 0 Å². The fourth-order valence-corrected chi connectivity index (χ4v) is 1.17. The van der Waals surface area contributed by atoms with Crippen LogP contribution in [0.5, 0.6) is 0 Å². The maximum absolute atomic E-state index is 5.19. The highest BCUT2D eigenvalue weighted by atomic mass is 16.5. The summed E-state index contributed by atoms with van der Waals surface area (Å²) < 4.78 is 5.19. The van der Waals surface area contributed by atoms with Crippen molar-refractivity contribution in [2.24, 2.45) is 0 Å². The summed E-state index contributed by atoms with van der Waals surface area (Å²) in [6, 6.07) is 0.442. The fraction of sp³-hybridized carbons (Fsp3) is 0.818. The van der Waals surface area contributed by atoms with Gasteiger partial charge in [-0.15, -0.1) is 6.58 Å². The van der Waals surface area contributed by atoms with Crippen LogP contribution in [0.15, 0.2) is 12.7 Å². The molecule has 0 heterocycles. The molecule has 1 N–H and O–H groups in total. The second-order valence-corrected chi connectivity index (χ2v) is 3.42. The van der Waals surface area contributed by atoms with Gasteiger partial charge in [-0.25, -0.2) is 0 Å². The van der Waals surface area contributed by atoms with Gasteiger partial charge in [0.05, 0.1) is 6.10 Å². The highest BCUT2D eigenvalue weighted by Gasteiger charge is 2.05. The SMILES string of the molecule is C=CC(CCC(C)OC)NCCC. The molecule has 0 saturated heterocycles. The highest BCUT2D eigenvalue weighted by molar-refractivity contribution is 4.85. The minimum absolute atomic E-state index is 0.353. The van der Waals surface area contributed by atoms with Crippen molar-refractivity contribution in [1.29, 1.82) is 0 Å². The van der Waals surface area contributed by atoms with Crippen LogP contribution in [0.3, 0.4) is 0 Å². The van der Waals surface area contributed by atoms with Gasteiger partial charge in [-0.3, -0.25) is 0 Å². The first-order chi connectivity index (χ1) is 6.24. The van der Waals surface area contributed by atoms with E-state index < -0.39 is 0 Å². The predicted molar refractivity (Wildman–Crippen MR) is 58.0 cm³/mol. The second kappa shape index (κ2) is 8.27. The number of ether oxygens (including phenoxy) is 1. The van der Waals surface area contributed by atoms with Crippen molar-refractivity contribution in [3.63, 3.8) is 0 Å². The van der Waals surface area contributed by atoms with E-state index in [1.807, 2.05) is 6.08 Å². The van der Waals surface area contributed by atoms with Gasteiger partial charge in [0, 0.05) is 13.2 Å². The molecular formula is C11H23NO. The summed E-state index contributed by atoms with van der Waals surface area (Å²) in [5.41, 5.74) is 0. The molecule has 0 aromatic carbocycles. The van der Waals surface area contributed by atoms with Crippen molar-refractivity contribution in [2.75, 3.05) is 13.7 Å². The molecule has 0 aliphatic heterocycles. The minimum atomic E-state index is 0.353. The molecular weight excluding hydrogens is 162 g/mol. The fourth-order valence-electron chi connectivity index (χ4n) is 1.17. The molecule has 0 aliphatic carbocycles. The molecule has 0 rings (SSSR count). The summed E-state index contributed by atoms with van der Waals surface area (Å²) in [6.45, 7) is 9.15. The number of rotatable bonds is 8. The van der Waals surface area contributed by atoms with Crippen LogP contribution in [0.4, 0.5) is 0 Å². The molecule has 0 fully saturated rings. The van der Waals surface area contributed by atoms with Gasteiger partial charge < -0.3 is 10.1 Å². The van der Waals surface area contributed by atoms with Crippen LogP contribution in [0.25, 0.3) is 0 Å². The summed E-state index contributed by atoms with van der Waals surface area (Å²) in [5, 5.41) is 3.42. The first-order valence-corrected chi connectivity index (χ1v) is 5.13. The molecule has 0 radical (unpaired) electrons. The van der Waals surface area contributed by atoms with E-state index in [1.165, 1.54) is 6.42 Å². The lowest BCUT2D eigenvalue weighted by Gasteiger charge is -2.16. The van der Waals surface area contributed by atoms with E-state index in [0.717, 1.165) is 19.4 Å². The summed E-state index contributed by atoms with van der Waals surface area (Å²) >= 11 is 0. The van der Waals surface area contributed by atoms with Crippen molar-refractivity contribution in [3.8, 4) is 0 Å². The Kier molecular flexibility index (Phi) is 8.05. The van der Waals surface area contributed by atoms with Crippen LogP contribution in [0.2, 0.25) is 0 Å². The molecule has 0 aliphatic rings. The Hall–Kier alpha value is -0.340. The molecule has 2 unspecified atom stereocenters. The number of nitrogens with one attached hydrogen (secondary N) is 1. The van der Waals surface area contributed by atoms with Gasteiger partial charge in [-0.1, -0.05) is 13.0 Å². The third-order valence-electron chi connectivity index (χ3n) is 2.23. The van der Waals surface area contributed by atoms with Gasteiger partial charge in [-0.05, 0) is 32.7 Å². The zero-order valence-electron chi connectivity index (χ0n) is 9.18. The van der Waals surface area contributed by atoms with E-state index in [4.69, 9.17) is 4.74 Å². The first-order valence-electron chi connectivity index (χ1n) is 5.13. The van der Waals surface area contributed by atoms with Gasteiger partial charge in [0.1, 0.15) is 0 Å². The number of hydrogen-bond donors (Lipinski definition) is 1. The Morgan fingerprint density at radius 1 is 1.46 bits per heavy atom. The van der Waals surface area contributed by atoms with Crippen LogP contribution in [-0.2, 0) is 4.74 Å². The van der Waals surface area contributed by atoms with E-state index >= 15 is 0 Å². The molecule has 0 aromatic heterocycles. The second-order valence-electron chi connectivity index (χ2n) is 3.42. The molecule has 2 nitrogen and oxygen atoms in total. The van der Waals surface area contributed by atoms with Crippen LogP contribution in [0, 0.1) is 0 Å². The average molecular weight is 185 g/mol. The highest BCUT2D eigenvalue weighted by Crippen LogP contribution is 2.04. The van der Waals surface area contributed by atoms with Gasteiger partial charge >= 0.3 is 0 Å². The predicted octanol–water partition coefficient (Wildman–Crippen LogP) is 2.36. The Balaban J connectivity index is 3.52. The van der Waals surface area contributed by atoms with Gasteiger partial charge in [0.2, 0.25) is 0 Å². The van der Waals surface area contributed by atoms with Crippen molar-refractivity contribution in [1.82, 2.24) is 5.32 Å². The van der Waals surface area contributed by atoms with Gasteiger partial charge in [-0.2, -0.15) is 0 Å². The molecule has 0 spiro atoms. The number of hydrogen-bond acceptors (Lipinski definition) is 2. The first kappa shape index (κ1) is 12.7. The molecule has 0 saturated carbocycles. The topological polar surface area (TPSA) is 21.3 Å². The van der Waals surface area contributed by atoms with E-state index in [9.17, 15) is 0 Å². The minimum Gasteiger partial charge on any atom is -0.382 e. The zero-order valence-corrected chi connectivity index (χ0v) is 9.18.